The molecule has 1 fully saturated rings. The number of nitrogens with one attached hydrogen (secondary N) is 1. The van der Waals surface area contributed by atoms with Crippen LogP contribution in [-0.2, 0) is 11.3 Å². The van der Waals surface area contributed by atoms with Crippen molar-refractivity contribution in [3.63, 3.8) is 0 Å². The van der Waals surface area contributed by atoms with Crippen molar-refractivity contribution in [2.24, 2.45) is 0 Å². The molecule has 40 heavy (non-hydrogen) atoms. The molecule has 0 spiro atoms. The molecule has 0 saturated heterocycles. The molecule has 5 aromatic rings. The van der Waals surface area contributed by atoms with Crippen LogP contribution in [0.15, 0.2) is 82.4 Å². The number of carbonyl (C=O) groups excluding carboxylic acids is 1. The van der Waals surface area contributed by atoms with Gasteiger partial charge in [-0.1, -0.05) is 23.4 Å². The van der Waals surface area contributed by atoms with Crippen molar-refractivity contribution >= 4 is 34.2 Å². The summed E-state index contributed by atoms with van der Waals surface area (Å²) in [5.41, 5.74) is 2.46. The Morgan fingerprint density at radius 2 is 1.93 bits per heavy atom. The average Bonchev–Trinajstić information content (AvgIpc) is 3.75. The van der Waals surface area contributed by atoms with Crippen molar-refractivity contribution in [1.82, 2.24) is 19.7 Å². The van der Waals surface area contributed by atoms with Gasteiger partial charge in [0.1, 0.15) is 28.6 Å². The molecule has 0 atom stereocenters. The quantitative estimate of drug-likeness (QED) is 0.269. The Morgan fingerprint density at radius 1 is 1.10 bits per heavy atom. The summed E-state index contributed by atoms with van der Waals surface area (Å²) in [5.74, 6) is 0.821. The van der Waals surface area contributed by atoms with Gasteiger partial charge in [-0.05, 0) is 54.8 Å². The van der Waals surface area contributed by atoms with Gasteiger partial charge in [-0.3, -0.25) is 9.36 Å². The zero-order valence-electron chi connectivity index (χ0n) is 21.9. The van der Waals surface area contributed by atoms with Crippen molar-refractivity contribution in [3.05, 3.63) is 94.7 Å². The van der Waals surface area contributed by atoms with Crippen molar-refractivity contribution in [1.29, 1.82) is 0 Å². The first-order chi connectivity index (χ1) is 19.6. The van der Waals surface area contributed by atoms with E-state index in [1.807, 2.05) is 36.4 Å². The maximum absolute atomic E-state index is 13.3. The number of nitrogens with zero attached hydrogens (tertiary/aromatic N) is 5. The lowest BCUT2D eigenvalue weighted by molar-refractivity contribution is 0.0557. The highest BCUT2D eigenvalue weighted by molar-refractivity contribution is 6.03. The number of rotatable bonds is 9. The summed E-state index contributed by atoms with van der Waals surface area (Å²) in [7, 11) is 2.90. The van der Waals surface area contributed by atoms with Crippen LogP contribution in [0.5, 0.6) is 5.75 Å². The third kappa shape index (κ3) is 4.84. The zero-order chi connectivity index (χ0) is 27.6. The zero-order valence-corrected chi connectivity index (χ0v) is 21.9. The molecule has 0 unspecified atom stereocenters. The Labute approximate surface area is 229 Å². The molecule has 1 aliphatic carbocycles. The number of pyridine rings is 3. The Balaban J connectivity index is 1.44. The topological polar surface area (TPSA) is 125 Å². The molecule has 1 N–H and O–H groups in total. The fraction of sp³-hybridized carbons (Fsp3) is 0.207. The molecule has 0 amide bonds. The van der Waals surface area contributed by atoms with E-state index in [9.17, 15) is 9.59 Å². The maximum Gasteiger partial charge on any atom is 0.379 e. The fourth-order valence-electron chi connectivity index (χ4n) is 4.55. The minimum absolute atomic E-state index is 0.110. The van der Waals surface area contributed by atoms with E-state index in [4.69, 9.17) is 14.0 Å². The van der Waals surface area contributed by atoms with E-state index in [2.05, 4.69) is 25.3 Å². The number of methoxy groups -OCH3 is 2. The van der Waals surface area contributed by atoms with E-state index < -0.39 is 5.97 Å². The summed E-state index contributed by atoms with van der Waals surface area (Å²) in [6.45, 7) is 0.589. The minimum atomic E-state index is -0.691. The van der Waals surface area contributed by atoms with Crippen LogP contribution in [-0.4, -0.2) is 45.9 Å². The minimum Gasteiger partial charge on any atom is -0.497 e. The molecule has 0 bridgehead atoms. The second-order valence-electron chi connectivity index (χ2n) is 9.34. The number of ether oxygens (including phenoxy) is 2. The molecule has 4 aromatic heterocycles. The Hall–Kier alpha value is -5.19. The predicted molar refractivity (Wildman–Crippen MR) is 148 cm³/mol. The first-order valence-corrected chi connectivity index (χ1v) is 12.7. The summed E-state index contributed by atoms with van der Waals surface area (Å²) in [6.07, 6.45) is 5.30. The highest BCUT2D eigenvalue weighted by Crippen LogP contribution is 2.39. The van der Waals surface area contributed by atoms with Crippen LogP contribution in [0.25, 0.3) is 16.9 Å². The summed E-state index contributed by atoms with van der Waals surface area (Å²) in [4.78, 5) is 37.0. The molecule has 202 valence electrons. The number of benzene rings is 1. The maximum atomic E-state index is 13.3. The van der Waals surface area contributed by atoms with Gasteiger partial charge in [0.2, 0.25) is 0 Å². The molecule has 0 radical (unpaired) electrons. The van der Waals surface area contributed by atoms with Crippen molar-refractivity contribution < 1.29 is 18.8 Å². The number of hydrogen-bond donors (Lipinski definition) is 1. The highest BCUT2D eigenvalue weighted by atomic mass is 16.5. The Kier molecular flexibility index (Phi) is 6.61. The van der Waals surface area contributed by atoms with Crippen molar-refractivity contribution in [2.45, 2.75) is 25.4 Å². The van der Waals surface area contributed by atoms with Gasteiger partial charge >= 0.3 is 5.97 Å². The van der Waals surface area contributed by atoms with Gasteiger partial charge in [0.15, 0.2) is 5.52 Å². The summed E-state index contributed by atoms with van der Waals surface area (Å²) in [5, 5.41) is 7.35. The number of esters is 1. The second-order valence-corrected chi connectivity index (χ2v) is 9.34. The molecule has 1 saturated carbocycles. The molecule has 1 aliphatic rings. The Bertz CT molecular complexity index is 1730. The van der Waals surface area contributed by atoms with Gasteiger partial charge in [-0.25, -0.2) is 14.8 Å². The highest BCUT2D eigenvalue weighted by Gasteiger charge is 2.33. The molecule has 11 nitrogen and oxygen atoms in total. The third-order valence-electron chi connectivity index (χ3n) is 6.70. The van der Waals surface area contributed by atoms with E-state index in [1.165, 1.54) is 11.7 Å². The molecular formula is C29H26N6O5. The van der Waals surface area contributed by atoms with Crippen LogP contribution in [0.2, 0.25) is 0 Å². The van der Waals surface area contributed by atoms with E-state index in [-0.39, 0.29) is 28.6 Å². The number of anilines is 3. The first-order valence-electron chi connectivity index (χ1n) is 12.7. The third-order valence-corrected chi connectivity index (χ3v) is 6.70. The standard InChI is InChI=1S/C29H26N6O5/c1-38-20-12-8-18(9-13-20)17-35(19-10-11-19)22-16-23(32-26-25(22)33-40-27(26)29(37)39-2)31-21-6-5-15-34(28(21)36)24-7-3-4-14-30-24/h3-9,12-16,19H,10-11,17H2,1-2H3,(H,31,32). The van der Waals surface area contributed by atoms with Crippen LogP contribution in [0.1, 0.15) is 29.0 Å². The summed E-state index contributed by atoms with van der Waals surface area (Å²) >= 11 is 0. The van der Waals surface area contributed by atoms with Crippen LogP contribution in [0.4, 0.5) is 17.2 Å². The smallest absolute Gasteiger partial charge is 0.379 e. The van der Waals surface area contributed by atoms with Gasteiger partial charge in [0, 0.05) is 31.0 Å². The Morgan fingerprint density at radius 3 is 2.62 bits per heavy atom. The number of carbonyl (C=O) groups is 1. The number of hydrogen-bond acceptors (Lipinski definition) is 10. The normalized spacial score (nSPS) is 12.8. The first kappa shape index (κ1) is 25.1. The van der Waals surface area contributed by atoms with E-state index >= 15 is 0 Å². The van der Waals surface area contributed by atoms with Crippen molar-refractivity contribution in [3.8, 4) is 11.6 Å². The molecule has 0 aliphatic heterocycles. The molecule has 4 heterocycles. The molecule has 1 aromatic carbocycles. The van der Waals surface area contributed by atoms with Crippen molar-refractivity contribution in [2.75, 3.05) is 24.4 Å². The van der Waals surface area contributed by atoms with E-state index in [0.29, 0.717) is 23.7 Å². The van der Waals surface area contributed by atoms with E-state index in [1.54, 1.807) is 43.8 Å². The largest absolute Gasteiger partial charge is 0.497 e. The lowest BCUT2D eigenvalue weighted by atomic mass is 10.1. The van der Waals surface area contributed by atoms with Gasteiger partial charge in [-0.2, -0.15) is 0 Å². The van der Waals surface area contributed by atoms with Gasteiger partial charge < -0.3 is 24.2 Å². The summed E-state index contributed by atoms with van der Waals surface area (Å²) in [6, 6.07) is 18.7. The molecule has 6 rings (SSSR count). The van der Waals surface area contributed by atoms with Gasteiger partial charge in [-0.15, -0.1) is 0 Å². The molecular weight excluding hydrogens is 512 g/mol. The fourth-order valence-corrected chi connectivity index (χ4v) is 4.55. The lowest BCUT2D eigenvalue weighted by Crippen LogP contribution is -2.26. The van der Waals surface area contributed by atoms with Crippen LogP contribution < -0.4 is 20.5 Å². The predicted octanol–water partition coefficient (Wildman–Crippen LogP) is 4.48. The average molecular weight is 539 g/mol. The SMILES string of the molecule is COC(=O)c1onc2c(N(Cc3ccc(OC)cc3)C3CC3)cc(Nc3cccn(-c4ccccn4)c3=O)nc12. The second kappa shape index (κ2) is 10.5. The van der Waals surface area contributed by atoms with Crippen LogP contribution >= 0.6 is 0 Å². The van der Waals surface area contributed by atoms with Crippen LogP contribution in [0.3, 0.4) is 0 Å². The number of aromatic nitrogens is 4. The monoisotopic (exact) mass is 538 g/mol. The lowest BCUT2D eigenvalue weighted by Gasteiger charge is -2.25. The molecule has 11 heteroatoms. The summed E-state index contributed by atoms with van der Waals surface area (Å²) < 4.78 is 17.1. The number of fused-ring (bicyclic) bond motifs is 1. The van der Waals surface area contributed by atoms with Crippen LogP contribution in [0, 0.1) is 0 Å². The van der Waals surface area contributed by atoms with Gasteiger partial charge in [0.05, 0.1) is 19.9 Å². The van der Waals surface area contributed by atoms with Gasteiger partial charge in [0.25, 0.3) is 11.3 Å². The van der Waals surface area contributed by atoms with E-state index in [0.717, 1.165) is 29.8 Å².